The van der Waals surface area contributed by atoms with Crippen LogP contribution in [0.1, 0.15) is 40.0 Å². The molecule has 8 heteroatoms. The number of piperidine rings is 1. The van der Waals surface area contributed by atoms with Crippen LogP contribution < -0.4 is 4.74 Å². The highest BCUT2D eigenvalue weighted by molar-refractivity contribution is 6.45. The molecule has 2 fully saturated rings. The molecule has 1 aromatic carbocycles. The lowest BCUT2D eigenvalue weighted by Crippen LogP contribution is -2.64. The number of ether oxygens (including phenoxy) is 1. The third-order valence-electron chi connectivity index (χ3n) is 6.46. The van der Waals surface area contributed by atoms with Gasteiger partial charge in [-0.1, -0.05) is 18.2 Å². The number of hydrogen-bond donors (Lipinski definition) is 1. The smallest absolute Gasteiger partial charge is 0.295 e. The summed E-state index contributed by atoms with van der Waals surface area (Å²) in [6.45, 7) is 0.865. The van der Waals surface area contributed by atoms with Crippen LogP contribution in [0, 0.1) is 0 Å². The monoisotopic (exact) mass is 432 g/mol. The molecule has 0 unspecified atom stereocenters. The quantitative estimate of drug-likeness (QED) is 0.505. The lowest BCUT2D eigenvalue weighted by molar-refractivity contribution is -0.137. The number of nitrogens with one attached hydrogen (secondary N) is 1. The molecule has 32 heavy (non-hydrogen) atoms. The Hall–Kier alpha value is -3.68. The molecular formula is C24H24N4O4. The Kier molecular flexibility index (Phi) is 5.13. The van der Waals surface area contributed by atoms with Gasteiger partial charge in [0.05, 0.1) is 30.1 Å². The van der Waals surface area contributed by atoms with E-state index in [1.165, 1.54) is 13.3 Å². The lowest BCUT2D eigenvalue weighted by atomic mass is 9.90. The average Bonchev–Trinajstić information content (AvgIpc) is 3.26. The van der Waals surface area contributed by atoms with E-state index in [2.05, 4.69) is 9.97 Å². The van der Waals surface area contributed by atoms with Gasteiger partial charge in [0.15, 0.2) is 0 Å². The molecule has 2 aliphatic heterocycles. The summed E-state index contributed by atoms with van der Waals surface area (Å²) in [5.74, 6) is -0.653. The van der Waals surface area contributed by atoms with Gasteiger partial charge >= 0.3 is 0 Å². The van der Waals surface area contributed by atoms with Gasteiger partial charge < -0.3 is 19.5 Å². The number of methoxy groups -OCH3 is 1. The summed E-state index contributed by atoms with van der Waals surface area (Å²) in [4.78, 5) is 50.4. The van der Waals surface area contributed by atoms with Gasteiger partial charge in [-0.2, -0.15) is 0 Å². The van der Waals surface area contributed by atoms with Crippen LogP contribution in [0.2, 0.25) is 0 Å². The van der Waals surface area contributed by atoms with Crippen LogP contribution >= 0.6 is 0 Å². The van der Waals surface area contributed by atoms with Crippen molar-refractivity contribution in [3.05, 3.63) is 59.9 Å². The van der Waals surface area contributed by atoms with E-state index in [-0.39, 0.29) is 23.6 Å². The van der Waals surface area contributed by atoms with Crippen LogP contribution in [0.3, 0.4) is 0 Å². The topological polar surface area (TPSA) is 95.6 Å². The third-order valence-corrected chi connectivity index (χ3v) is 6.46. The number of hydrogen-bond acceptors (Lipinski definition) is 5. The molecule has 2 amide bonds. The van der Waals surface area contributed by atoms with Gasteiger partial charge in [0.25, 0.3) is 17.6 Å². The summed E-state index contributed by atoms with van der Waals surface area (Å²) in [7, 11) is 1.52. The maximum absolute atomic E-state index is 13.4. The fraction of sp³-hybridized carbons (Fsp3) is 0.333. The molecule has 3 aromatic rings. The molecule has 0 saturated carbocycles. The van der Waals surface area contributed by atoms with E-state index in [1.54, 1.807) is 29.3 Å². The summed E-state index contributed by atoms with van der Waals surface area (Å²) in [6.07, 6.45) is 5.62. The Balaban J connectivity index is 1.40. The predicted octanol–water partition coefficient (Wildman–Crippen LogP) is 2.66. The number of nitrogens with zero attached hydrogens (tertiary/aromatic N) is 3. The van der Waals surface area contributed by atoms with Crippen LogP contribution in [0.15, 0.2) is 48.8 Å². The summed E-state index contributed by atoms with van der Waals surface area (Å²) in [6, 6.07) is 10.5. The maximum atomic E-state index is 13.4. The van der Waals surface area contributed by atoms with Crippen molar-refractivity contribution in [3.63, 3.8) is 0 Å². The molecule has 164 valence electrons. The Labute approximate surface area is 185 Å². The van der Waals surface area contributed by atoms with Crippen molar-refractivity contribution in [3.8, 4) is 5.75 Å². The fourth-order valence-electron chi connectivity index (χ4n) is 4.98. The van der Waals surface area contributed by atoms with Crippen molar-refractivity contribution < 1.29 is 19.1 Å². The number of rotatable bonds is 4. The number of carbonyl (C=O) groups excluding carboxylic acids is 3. The first kappa shape index (κ1) is 20.2. The molecule has 2 aromatic heterocycles. The second-order valence-electron chi connectivity index (χ2n) is 8.30. The van der Waals surface area contributed by atoms with Crippen molar-refractivity contribution in [2.24, 2.45) is 0 Å². The summed E-state index contributed by atoms with van der Waals surface area (Å²) < 4.78 is 5.38. The highest BCUT2D eigenvalue weighted by atomic mass is 16.5. The molecule has 5 rings (SSSR count). The Morgan fingerprint density at radius 3 is 2.47 bits per heavy atom. The summed E-state index contributed by atoms with van der Waals surface area (Å²) in [5.41, 5.74) is 1.40. The molecule has 0 spiro atoms. The van der Waals surface area contributed by atoms with Crippen LogP contribution in [-0.4, -0.2) is 69.6 Å². The minimum absolute atomic E-state index is 0.0339. The number of pyridine rings is 1. The zero-order valence-electron chi connectivity index (χ0n) is 17.8. The average molecular weight is 432 g/mol. The number of amides is 2. The second-order valence-corrected chi connectivity index (χ2v) is 8.30. The van der Waals surface area contributed by atoms with Crippen molar-refractivity contribution in [1.29, 1.82) is 0 Å². The van der Waals surface area contributed by atoms with Gasteiger partial charge in [-0.15, -0.1) is 0 Å². The minimum Gasteiger partial charge on any atom is -0.496 e. The van der Waals surface area contributed by atoms with Gasteiger partial charge in [0.1, 0.15) is 11.4 Å². The molecule has 0 aliphatic carbocycles. The molecule has 2 atom stereocenters. The van der Waals surface area contributed by atoms with Crippen molar-refractivity contribution in [2.75, 3.05) is 20.2 Å². The summed E-state index contributed by atoms with van der Waals surface area (Å²) in [5, 5.41) is 0.511. The third kappa shape index (κ3) is 3.32. The molecule has 2 saturated heterocycles. The number of ketones is 1. The second kappa shape index (κ2) is 8.11. The van der Waals surface area contributed by atoms with E-state index in [9.17, 15) is 14.4 Å². The van der Waals surface area contributed by atoms with E-state index >= 15 is 0 Å². The van der Waals surface area contributed by atoms with Crippen LogP contribution in [-0.2, 0) is 4.79 Å². The van der Waals surface area contributed by atoms with Crippen molar-refractivity contribution in [1.82, 2.24) is 19.8 Å². The van der Waals surface area contributed by atoms with E-state index < -0.39 is 11.7 Å². The summed E-state index contributed by atoms with van der Waals surface area (Å²) >= 11 is 0. The van der Waals surface area contributed by atoms with E-state index in [1.807, 2.05) is 23.1 Å². The SMILES string of the molecule is COc1ccnc2[nH]cc(C(=O)C(=O)N3[C@@H]4CCC[C@H]3CN(C(=O)c3ccccc3)C4)c12. The number of carbonyl (C=O) groups is 3. The molecule has 2 aliphatic rings. The number of aromatic amines is 1. The Morgan fingerprint density at radius 1 is 1.06 bits per heavy atom. The van der Waals surface area contributed by atoms with Crippen LogP contribution in [0.25, 0.3) is 11.0 Å². The number of aromatic nitrogens is 2. The molecule has 0 radical (unpaired) electrons. The Bertz CT molecular complexity index is 1180. The van der Waals surface area contributed by atoms with E-state index in [0.29, 0.717) is 35.4 Å². The highest BCUT2D eigenvalue weighted by Gasteiger charge is 2.43. The van der Waals surface area contributed by atoms with Crippen LogP contribution in [0.5, 0.6) is 5.75 Å². The number of likely N-dealkylation sites (tertiary alicyclic amines) is 1. The van der Waals surface area contributed by atoms with Crippen molar-refractivity contribution in [2.45, 2.75) is 31.3 Å². The van der Waals surface area contributed by atoms with Gasteiger partial charge in [-0.3, -0.25) is 14.4 Å². The molecule has 2 bridgehead atoms. The van der Waals surface area contributed by atoms with Gasteiger partial charge in [0.2, 0.25) is 0 Å². The zero-order chi connectivity index (χ0) is 22.2. The number of benzene rings is 1. The first-order valence-corrected chi connectivity index (χ1v) is 10.8. The normalized spacial score (nSPS) is 20.3. The van der Waals surface area contributed by atoms with Crippen molar-refractivity contribution >= 4 is 28.6 Å². The standard InChI is InChI=1S/C24H24N4O4/c1-32-19-10-11-25-22-20(19)18(12-26-22)21(29)24(31)28-16-8-5-9-17(28)14-27(13-16)23(30)15-6-3-2-4-7-15/h2-4,6-7,10-12,16-17H,5,8-9,13-14H2,1H3,(H,25,26)/t16-,17+. The molecule has 1 N–H and O–H groups in total. The number of H-pyrrole nitrogens is 1. The predicted molar refractivity (Wildman–Crippen MR) is 118 cm³/mol. The zero-order valence-corrected chi connectivity index (χ0v) is 17.8. The maximum Gasteiger partial charge on any atom is 0.295 e. The highest BCUT2D eigenvalue weighted by Crippen LogP contribution is 2.32. The molecule has 4 heterocycles. The van der Waals surface area contributed by atoms with Gasteiger partial charge in [0, 0.05) is 31.0 Å². The number of Topliss-reactive ketones (excluding diaryl/α,β-unsaturated/α-hetero) is 1. The van der Waals surface area contributed by atoms with E-state index in [0.717, 1.165) is 19.3 Å². The molecule has 8 nitrogen and oxygen atoms in total. The Morgan fingerprint density at radius 2 is 1.78 bits per heavy atom. The number of fused-ring (bicyclic) bond motifs is 3. The number of piperazine rings is 1. The van der Waals surface area contributed by atoms with E-state index in [4.69, 9.17) is 4.74 Å². The molecular weight excluding hydrogens is 408 g/mol. The minimum atomic E-state index is -0.581. The first-order chi connectivity index (χ1) is 15.6. The van der Waals surface area contributed by atoms with Gasteiger partial charge in [-0.25, -0.2) is 4.98 Å². The lowest BCUT2D eigenvalue weighted by Gasteiger charge is -2.49. The van der Waals surface area contributed by atoms with Crippen LogP contribution in [0.4, 0.5) is 0 Å². The largest absolute Gasteiger partial charge is 0.496 e. The fourth-order valence-corrected chi connectivity index (χ4v) is 4.98. The first-order valence-electron chi connectivity index (χ1n) is 10.8. The van der Waals surface area contributed by atoms with Gasteiger partial charge in [-0.05, 0) is 37.5 Å².